The molecule has 2 rings (SSSR count). The maximum atomic E-state index is 11.5. The number of hydrogen-bond donors (Lipinski definition) is 1. The van der Waals surface area contributed by atoms with Crippen LogP contribution in [0.25, 0.3) is 0 Å². The van der Waals surface area contributed by atoms with Gasteiger partial charge < -0.3 is 0 Å². The first-order valence-corrected chi connectivity index (χ1v) is 8.98. The first kappa shape index (κ1) is 15.5. The molecule has 1 aliphatic heterocycles. The Kier molecular flexibility index (Phi) is 5.57. The van der Waals surface area contributed by atoms with E-state index in [-0.39, 0.29) is 5.75 Å². The van der Waals surface area contributed by atoms with E-state index in [0.29, 0.717) is 12.5 Å². The molecule has 0 amide bonds. The number of nitrogens with one attached hydrogen (secondary N) is 1. The van der Waals surface area contributed by atoms with Crippen molar-refractivity contribution in [2.45, 2.75) is 26.3 Å². The lowest BCUT2D eigenvalue weighted by Crippen LogP contribution is -2.40. The highest BCUT2D eigenvalue weighted by molar-refractivity contribution is 7.89. The van der Waals surface area contributed by atoms with E-state index in [1.807, 2.05) is 6.07 Å². The van der Waals surface area contributed by atoms with Gasteiger partial charge in [-0.05, 0) is 37.8 Å². The predicted octanol–water partition coefficient (Wildman–Crippen LogP) is 1.84. The molecule has 112 valence electrons. The summed E-state index contributed by atoms with van der Waals surface area (Å²) in [5, 5.41) is 0. The van der Waals surface area contributed by atoms with Crippen LogP contribution in [-0.2, 0) is 16.6 Å². The molecule has 1 heterocycles. The maximum Gasteiger partial charge on any atom is 0.211 e. The number of rotatable bonds is 6. The summed E-state index contributed by atoms with van der Waals surface area (Å²) in [6.45, 7) is 5.28. The topological polar surface area (TPSA) is 49.4 Å². The zero-order valence-corrected chi connectivity index (χ0v) is 12.9. The number of benzene rings is 1. The lowest BCUT2D eigenvalue weighted by molar-refractivity contribution is 0.169. The van der Waals surface area contributed by atoms with Crippen molar-refractivity contribution in [1.82, 2.24) is 9.62 Å². The van der Waals surface area contributed by atoms with Gasteiger partial charge in [0.1, 0.15) is 0 Å². The summed E-state index contributed by atoms with van der Waals surface area (Å²) in [5.41, 5.74) is 1.32. The van der Waals surface area contributed by atoms with Crippen molar-refractivity contribution < 1.29 is 8.42 Å². The lowest BCUT2D eigenvalue weighted by atomic mass is 9.98. The van der Waals surface area contributed by atoms with Gasteiger partial charge >= 0.3 is 0 Å². The van der Waals surface area contributed by atoms with E-state index in [1.165, 1.54) is 5.56 Å². The van der Waals surface area contributed by atoms with Crippen molar-refractivity contribution in [3.05, 3.63) is 35.9 Å². The van der Waals surface area contributed by atoms with Crippen LogP contribution in [0.15, 0.2) is 30.3 Å². The van der Waals surface area contributed by atoms with Crippen LogP contribution in [0.1, 0.15) is 25.3 Å². The van der Waals surface area contributed by atoms with Gasteiger partial charge in [-0.3, -0.25) is 4.90 Å². The van der Waals surface area contributed by atoms with E-state index >= 15 is 0 Å². The third-order valence-electron chi connectivity index (χ3n) is 3.82. The molecule has 1 aliphatic rings. The van der Waals surface area contributed by atoms with Gasteiger partial charge in [0.05, 0.1) is 5.75 Å². The van der Waals surface area contributed by atoms with E-state index in [0.717, 1.165) is 32.5 Å². The minimum Gasteiger partial charge on any atom is -0.299 e. The zero-order chi connectivity index (χ0) is 14.4. The second-order valence-electron chi connectivity index (χ2n) is 5.48. The predicted molar refractivity (Wildman–Crippen MR) is 81.9 cm³/mol. The summed E-state index contributed by atoms with van der Waals surface area (Å²) >= 11 is 0. The summed E-state index contributed by atoms with van der Waals surface area (Å²) in [7, 11) is -3.06. The molecule has 1 N–H and O–H groups in total. The van der Waals surface area contributed by atoms with Crippen LogP contribution in [0, 0.1) is 5.92 Å². The third-order valence-corrected chi connectivity index (χ3v) is 5.19. The van der Waals surface area contributed by atoms with Crippen molar-refractivity contribution >= 4 is 10.0 Å². The van der Waals surface area contributed by atoms with Crippen LogP contribution in [0.2, 0.25) is 0 Å². The summed E-state index contributed by atoms with van der Waals surface area (Å²) in [5.74, 6) is 0.585. The molecule has 0 aliphatic carbocycles. The Balaban J connectivity index is 1.83. The number of likely N-dealkylation sites (tertiary alicyclic amines) is 1. The normalized spacial score (nSPS) is 20.9. The van der Waals surface area contributed by atoms with Crippen LogP contribution in [0.3, 0.4) is 0 Å². The monoisotopic (exact) mass is 296 g/mol. The van der Waals surface area contributed by atoms with Crippen LogP contribution in [-0.4, -0.2) is 38.7 Å². The van der Waals surface area contributed by atoms with Crippen LogP contribution >= 0.6 is 0 Å². The van der Waals surface area contributed by atoms with Gasteiger partial charge in [0, 0.05) is 19.6 Å². The van der Waals surface area contributed by atoms with Crippen molar-refractivity contribution in [3.8, 4) is 0 Å². The minimum absolute atomic E-state index is 0.160. The molecule has 0 aromatic heterocycles. The van der Waals surface area contributed by atoms with Gasteiger partial charge in [-0.1, -0.05) is 30.3 Å². The Morgan fingerprint density at radius 2 is 2.05 bits per heavy atom. The van der Waals surface area contributed by atoms with Crippen molar-refractivity contribution in [1.29, 1.82) is 0 Å². The van der Waals surface area contributed by atoms with E-state index in [9.17, 15) is 8.42 Å². The molecular weight excluding hydrogens is 272 g/mol. The molecule has 5 heteroatoms. The van der Waals surface area contributed by atoms with E-state index < -0.39 is 10.0 Å². The largest absolute Gasteiger partial charge is 0.299 e. The van der Waals surface area contributed by atoms with Gasteiger partial charge in [0.15, 0.2) is 0 Å². The Labute approximate surface area is 122 Å². The average molecular weight is 296 g/mol. The fourth-order valence-electron chi connectivity index (χ4n) is 2.65. The summed E-state index contributed by atoms with van der Waals surface area (Å²) in [6.07, 6.45) is 2.25. The standard InChI is InChI=1S/C15H24N2O2S/c1-2-20(18,19)16-11-15-9-6-10-17(13-15)12-14-7-4-3-5-8-14/h3-5,7-8,15-16H,2,6,9-13H2,1H3. The first-order valence-electron chi connectivity index (χ1n) is 7.32. The van der Waals surface area contributed by atoms with Crippen molar-refractivity contribution in [2.24, 2.45) is 5.92 Å². The smallest absolute Gasteiger partial charge is 0.211 e. The molecule has 1 aromatic rings. The van der Waals surface area contributed by atoms with E-state index in [1.54, 1.807) is 6.92 Å². The molecule has 1 unspecified atom stereocenters. The molecule has 1 aromatic carbocycles. The van der Waals surface area contributed by atoms with Gasteiger partial charge in [0.2, 0.25) is 10.0 Å². The van der Waals surface area contributed by atoms with Crippen molar-refractivity contribution in [3.63, 3.8) is 0 Å². The zero-order valence-electron chi connectivity index (χ0n) is 12.1. The van der Waals surface area contributed by atoms with E-state index in [4.69, 9.17) is 0 Å². The molecule has 20 heavy (non-hydrogen) atoms. The highest BCUT2D eigenvalue weighted by Gasteiger charge is 2.21. The number of hydrogen-bond acceptors (Lipinski definition) is 3. The number of piperidine rings is 1. The average Bonchev–Trinajstić information content (AvgIpc) is 2.47. The molecule has 1 saturated heterocycles. The summed E-state index contributed by atoms with van der Waals surface area (Å²) in [6, 6.07) is 10.4. The fourth-order valence-corrected chi connectivity index (χ4v) is 3.34. The van der Waals surface area contributed by atoms with Gasteiger partial charge in [-0.25, -0.2) is 13.1 Å². The molecule has 0 saturated carbocycles. The Hall–Kier alpha value is -0.910. The summed E-state index contributed by atoms with van der Waals surface area (Å²) in [4.78, 5) is 2.42. The highest BCUT2D eigenvalue weighted by atomic mass is 32.2. The molecule has 0 bridgehead atoms. The molecule has 4 nitrogen and oxygen atoms in total. The van der Waals surface area contributed by atoms with Crippen LogP contribution in [0.5, 0.6) is 0 Å². The summed E-state index contributed by atoms with van der Waals surface area (Å²) < 4.78 is 25.7. The Morgan fingerprint density at radius 1 is 1.30 bits per heavy atom. The minimum atomic E-state index is -3.06. The second-order valence-corrected chi connectivity index (χ2v) is 7.58. The quantitative estimate of drug-likeness (QED) is 0.871. The molecule has 1 fully saturated rings. The lowest BCUT2D eigenvalue weighted by Gasteiger charge is -2.32. The van der Waals surface area contributed by atoms with Gasteiger partial charge in [-0.15, -0.1) is 0 Å². The maximum absolute atomic E-state index is 11.5. The Bertz CT molecular complexity index is 502. The number of nitrogens with zero attached hydrogens (tertiary/aromatic N) is 1. The fraction of sp³-hybridized carbons (Fsp3) is 0.600. The van der Waals surface area contributed by atoms with Crippen molar-refractivity contribution in [2.75, 3.05) is 25.4 Å². The molecule has 0 spiro atoms. The molecule has 1 atom stereocenters. The first-order chi connectivity index (χ1) is 9.59. The van der Waals surface area contributed by atoms with E-state index in [2.05, 4.69) is 33.9 Å². The van der Waals surface area contributed by atoms with Gasteiger partial charge in [0.25, 0.3) is 0 Å². The molecule has 0 radical (unpaired) electrons. The van der Waals surface area contributed by atoms with Gasteiger partial charge in [-0.2, -0.15) is 0 Å². The number of sulfonamides is 1. The third kappa shape index (κ3) is 4.89. The van der Waals surface area contributed by atoms with Crippen LogP contribution in [0.4, 0.5) is 0 Å². The Morgan fingerprint density at radius 3 is 2.75 bits per heavy atom. The highest BCUT2D eigenvalue weighted by Crippen LogP contribution is 2.18. The second kappa shape index (κ2) is 7.20. The molecular formula is C15H24N2O2S. The SMILES string of the molecule is CCS(=O)(=O)NCC1CCCN(Cc2ccccc2)C1. The van der Waals surface area contributed by atoms with Crippen LogP contribution < -0.4 is 4.72 Å².